The van der Waals surface area contributed by atoms with Gasteiger partial charge in [-0.15, -0.1) is 0 Å². The van der Waals surface area contributed by atoms with E-state index in [4.69, 9.17) is 9.47 Å². The molecule has 1 amide bonds. The van der Waals surface area contributed by atoms with Crippen LogP contribution in [0.1, 0.15) is 31.2 Å². The highest BCUT2D eigenvalue weighted by Crippen LogP contribution is 2.21. The Morgan fingerprint density at radius 2 is 2.29 bits per heavy atom. The molecule has 1 aliphatic heterocycles. The van der Waals surface area contributed by atoms with Gasteiger partial charge in [0, 0.05) is 20.2 Å². The largest absolute Gasteiger partial charge is 0.480 e. The molecule has 0 bridgehead atoms. The van der Waals surface area contributed by atoms with Crippen molar-refractivity contribution >= 4 is 5.91 Å². The van der Waals surface area contributed by atoms with E-state index in [1.54, 1.807) is 4.68 Å². The van der Waals surface area contributed by atoms with Gasteiger partial charge in [-0.1, -0.05) is 0 Å². The molecule has 21 heavy (non-hydrogen) atoms. The Bertz CT molecular complexity index is 499. The van der Waals surface area contributed by atoms with E-state index in [0.29, 0.717) is 18.2 Å². The third-order valence-corrected chi connectivity index (χ3v) is 3.97. The number of aryl methyl sites for hydroxylation is 2. The fraction of sp³-hybridized carbons (Fsp3) is 0.733. The summed E-state index contributed by atoms with van der Waals surface area (Å²) in [6.07, 6.45) is 2.30. The van der Waals surface area contributed by atoms with Gasteiger partial charge in [0.1, 0.15) is 5.69 Å². The highest BCUT2D eigenvalue weighted by molar-refractivity contribution is 5.77. The van der Waals surface area contributed by atoms with E-state index in [0.717, 1.165) is 30.8 Å². The van der Waals surface area contributed by atoms with Crippen molar-refractivity contribution in [3.8, 4) is 5.75 Å². The summed E-state index contributed by atoms with van der Waals surface area (Å²) >= 11 is 0. The van der Waals surface area contributed by atoms with Crippen molar-refractivity contribution in [1.82, 2.24) is 15.1 Å². The zero-order valence-corrected chi connectivity index (χ0v) is 13.3. The molecule has 1 aliphatic rings. The van der Waals surface area contributed by atoms with Crippen molar-refractivity contribution in [1.29, 1.82) is 0 Å². The van der Waals surface area contributed by atoms with Gasteiger partial charge < -0.3 is 14.8 Å². The molecule has 2 rings (SSSR count). The number of rotatable bonds is 5. The Morgan fingerprint density at radius 1 is 1.52 bits per heavy atom. The van der Waals surface area contributed by atoms with E-state index < -0.39 is 0 Å². The lowest BCUT2D eigenvalue weighted by molar-refractivity contribution is -0.123. The average Bonchev–Trinajstić information content (AvgIpc) is 2.68. The molecule has 1 saturated heterocycles. The molecule has 1 aromatic rings. The Hall–Kier alpha value is -1.56. The predicted octanol–water partition coefficient (Wildman–Crippen LogP) is 1.35. The molecule has 6 heteroatoms. The first kappa shape index (κ1) is 15.8. The SMILES string of the molecule is Cc1nn(C)c(C)c1OCC(=O)NC[C@H]1CCO[C@H](C)C1. The summed E-state index contributed by atoms with van der Waals surface area (Å²) in [5, 5.41) is 7.20. The maximum absolute atomic E-state index is 11.9. The molecule has 118 valence electrons. The molecule has 2 atom stereocenters. The second-order valence-electron chi connectivity index (χ2n) is 5.79. The number of nitrogens with zero attached hydrogens (tertiary/aromatic N) is 2. The lowest BCUT2D eigenvalue weighted by Gasteiger charge is -2.27. The van der Waals surface area contributed by atoms with Crippen LogP contribution in [0.25, 0.3) is 0 Å². The van der Waals surface area contributed by atoms with Gasteiger partial charge in [-0.2, -0.15) is 5.10 Å². The van der Waals surface area contributed by atoms with Crippen LogP contribution in [0.2, 0.25) is 0 Å². The third kappa shape index (κ3) is 4.20. The molecule has 1 N–H and O–H groups in total. The molecular formula is C15H25N3O3. The van der Waals surface area contributed by atoms with Gasteiger partial charge in [-0.05, 0) is 39.5 Å². The Morgan fingerprint density at radius 3 is 2.90 bits per heavy atom. The topological polar surface area (TPSA) is 65.4 Å². The Labute approximate surface area is 125 Å². The van der Waals surface area contributed by atoms with Gasteiger partial charge in [0.25, 0.3) is 5.91 Å². The molecule has 0 spiro atoms. The third-order valence-electron chi connectivity index (χ3n) is 3.97. The number of amides is 1. The van der Waals surface area contributed by atoms with Gasteiger partial charge in [-0.25, -0.2) is 0 Å². The quantitative estimate of drug-likeness (QED) is 0.890. The number of nitrogens with one attached hydrogen (secondary N) is 1. The van der Waals surface area contributed by atoms with Crippen LogP contribution in [0.5, 0.6) is 5.75 Å². The van der Waals surface area contributed by atoms with Crippen LogP contribution in [0.3, 0.4) is 0 Å². The minimum absolute atomic E-state index is 0.0339. The molecule has 2 heterocycles. The van der Waals surface area contributed by atoms with Crippen molar-refractivity contribution in [3.63, 3.8) is 0 Å². The molecule has 0 aliphatic carbocycles. The summed E-state index contributed by atoms with van der Waals surface area (Å²) in [4.78, 5) is 11.9. The van der Waals surface area contributed by atoms with Gasteiger partial charge in [-0.3, -0.25) is 9.48 Å². The number of carbonyl (C=O) groups excluding carboxylic acids is 1. The van der Waals surface area contributed by atoms with Crippen molar-refractivity contribution in [3.05, 3.63) is 11.4 Å². The van der Waals surface area contributed by atoms with Crippen molar-refractivity contribution in [2.75, 3.05) is 19.8 Å². The van der Waals surface area contributed by atoms with Crippen LogP contribution in [-0.4, -0.2) is 41.6 Å². The van der Waals surface area contributed by atoms with E-state index in [-0.39, 0.29) is 18.6 Å². The van der Waals surface area contributed by atoms with Gasteiger partial charge in [0.2, 0.25) is 0 Å². The first-order valence-corrected chi connectivity index (χ1v) is 7.48. The molecule has 0 aromatic carbocycles. The fourth-order valence-electron chi connectivity index (χ4n) is 2.69. The van der Waals surface area contributed by atoms with Crippen LogP contribution in [0, 0.1) is 19.8 Å². The van der Waals surface area contributed by atoms with Crippen LogP contribution in [0.4, 0.5) is 0 Å². The fourth-order valence-corrected chi connectivity index (χ4v) is 2.69. The van der Waals surface area contributed by atoms with Crippen LogP contribution in [0.15, 0.2) is 0 Å². The smallest absolute Gasteiger partial charge is 0.257 e. The van der Waals surface area contributed by atoms with Crippen LogP contribution < -0.4 is 10.1 Å². The van der Waals surface area contributed by atoms with E-state index >= 15 is 0 Å². The summed E-state index contributed by atoms with van der Waals surface area (Å²) in [5.74, 6) is 1.11. The number of ether oxygens (including phenoxy) is 2. The average molecular weight is 295 g/mol. The van der Waals surface area contributed by atoms with E-state index in [1.165, 1.54) is 0 Å². The maximum atomic E-state index is 11.9. The summed E-state index contributed by atoms with van der Waals surface area (Å²) in [7, 11) is 1.86. The molecule has 0 saturated carbocycles. The first-order valence-electron chi connectivity index (χ1n) is 7.48. The summed E-state index contributed by atoms with van der Waals surface area (Å²) < 4.78 is 12.8. The second-order valence-corrected chi connectivity index (χ2v) is 5.79. The van der Waals surface area contributed by atoms with E-state index in [9.17, 15) is 4.79 Å². The molecular weight excluding hydrogens is 270 g/mol. The highest BCUT2D eigenvalue weighted by atomic mass is 16.5. The van der Waals surface area contributed by atoms with E-state index in [2.05, 4.69) is 17.3 Å². The Kier molecular flexibility index (Phi) is 5.22. The van der Waals surface area contributed by atoms with Gasteiger partial charge in [0.05, 0.1) is 11.8 Å². The molecule has 0 unspecified atom stereocenters. The number of hydrogen-bond donors (Lipinski definition) is 1. The van der Waals surface area contributed by atoms with Gasteiger partial charge in [0.15, 0.2) is 12.4 Å². The summed E-state index contributed by atoms with van der Waals surface area (Å²) in [5.41, 5.74) is 1.74. The normalized spacial score (nSPS) is 22.1. The van der Waals surface area contributed by atoms with Crippen LogP contribution >= 0.6 is 0 Å². The molecule has 0 radical (unpaired) electrons. The van der Waals surface area contributed by atoms with Crippen LogP contribution in [-0.2, 0) is 16.6 Å². The van der Waals surface area contributed by atoms with Crippen molar-refractivity contribution in [2.45, 2.75) is 39.7 Å². The molecule has 1 fully saturated rings. The zero-order valence-electron chi connectivity index (χ0n) is 13.3. The standard InChI is InChI=1S/C15H25N3O3/c1-10-7-13(5-6-20-10)8-16-14(19)9-21-15-11(2)17-18(4)12(15)3/h10,13H,5-9H2,1-4H3,(H,16,19)/t10-,13+/m1/s1. The zero-order chi connectivity index (χ0) is 15.4. The van der Waals surface area contributed by atoms with Gasteiger partial charge >= 0.3 is 0 Å². The minimum Gasteiger partial charge on any atom is -0.480 e. The highest BCUT2D eigenvalue weighted by Gasteiger charge is 2.20. The number of carbonyl (C=O) groups is 1. The summed E-state index contributed by atoms with van der Waals surface area (Å²) in [6, 6.07) is 0. The molecule has 6 nitrogen and oxygen atoms in total. The van der Waals surface area contributed by atoms with Crippen molar-refractivity contribution < 1.29 is 14.3 Å². The monoisotopic (exact) mass is 295 g/mol. The second kappa shape index (κ2) is 6.93. The van der Waals surface area contributed by atoms with E-state index in [1.807, 2.05) is 20.9 Å². The van der Waals surface area contributed by atoms with Crippen molar-refractivity contribution in [2.24, 2.45) is 13.0 Å². The lowest BCUT2D eigenvalue weighted by Crippen LogP contribution is -2.36. The molecule has 1 aromatic heterocycles. The first-order chi connectivity index (χ1) is 9.97. The number of hydrogen-bond acceptors (Lipinski definition) is 4. The predicted molar refractivity (Wildman–Crippen MR) is 79.3 cm³/mol. The minimum atomic E-state index is -0.0863. The number of aromatic nitrogens is 2. The lowest BCUT2D eigenvalue weighted by atomic mass is 9.96. The maximum Gasteiger partial charge on any atom is 0.257 e. The summed E-state index contributed by atoms with van der Waals surface area (Å²) in [6.45, 7) is 7.39. The Balaban J connectivity index is 1.74.